The molecule has 1 unspecified atom stereocenters. The van der Waals surface area contributed by atoms with Crippen LogP contribution >= 0.6 is 0 Å². The number of nitrogens with one attached hydrogen (secondary N) is 1. The first-order chi connectivity index (χ1) is 17.7. The molecular weight excluding hydrogens is 515 g/mol. The van der Waals surface area contributed by atoms with E-state index in [1.165, 1.54) is 4.52 Å². The number of ether oxygens (including phenoxy) is 1. The van der Waals surface area contributed by atoms with E-state index in [0.717, 1.165) is 7.11 Å². The number of nitrogens with two attached hydrogens (primary N) is 1. The van der Waals surface area contributed by atoms with Crippen LogP contribution in [0.2, 0.25) is 0 Å². The van der Waals surface area contributed by atoms with E-state index in [4.69, 9.17) is 10.5 Å². The van der Waals surface area contributed by atoms with Crippen LogP contribution in [0.25, 0.3) is 5.65 Å². The summed E-state index contributed by atoms with van der Waals surface area (Å²) in [5.41, 5.74) is 5.66. The molecule has 4 rings (SSSR count). The highest BCUT2D eigenvalue weighted by Crippen LogP contribution is 2.43. The summed E-state index contributed by atoms with van der Waals surface area (Å²) >= 11 is 0. The van der Waals surface area contributed by atoms with Crippen LogP contribution in [0.1, 0.15) is 49.5 Å². The van der Waals surface area contributed by atoms with Crippen molar-refractivity contribution >= 4 is 23.2 Å². The predicted octanol–water partition coefficient (Wildman–Crippen LogP) is 3.02. The summed E-state index contributed by atoms with van der Waals surface area (Å²) in [6.07, 6.45) is -4.31. The van der Waals surface area contributed by atoms with E-state index in [-0.39, 0.29) is 37.3 Å². The van der Waals surface area contributed by atoms with Crippen LogP contribution in [-0.2, 0) is 20.7 Å². The van der Waals surface area contributed by atoms with Crippen molar-refractivity contribution in [3.05, 3.63) is 23.7 Å². The van der Waals surface area contributed by atoms with Crippen molar-refractivity contribution in [1.29, 1.82) is 0 Å². The Morgan fingerprint density at radius 3 is 2.55 bits per heavy atom. The summed E-state index contributed by atoms with van der Waals surface area (Å²) in [5.74, 6) is -6.78. The maximum absolute atomic E-state index is 13.6. The Hall–Kier alpha value is -3.03. The van der Waals surface area contributed by atoms with Gasteiger partial charge in [0.1, 0.15) is 0 Å². The number of nitrogens with zero attached hydrogens (tertiary/aromatic N) is 4. The first kappa shape index (κ1) is 28.0. The molecule has 38 heavy (non-hydrogen) atoms. The Morgan fingerprint density at radius 2 is 1.97 bits per heavy atom. The van der Waals surface area contributed by atoms with Crippen molar-refractivity contribution in [2.24, 2.45) is 23.0 Å². The van der Waals surface area contributed by atoms with Crippen molar-refractivity contribution in [2.45, 2.75) is 56.7 Å². The lowest BCUT2D eigenvalue weighted by molar-refractivity contribution is -0.195. The van der Waals surface area contributed by atoms with Crippen LogP contribution in [0.3, 0.4) is 0 Å². The van der Waals surface area contributed by atoms with E-state index in [9.17, 15) is 31.5 Å². The molecule has 1 saturated carbocycles. The number of anilines is 1. The highest BCUT2D eigenvalue weighted by molar-refractivity contribution is 6.03. The van der Waals surface area contributed by atoms with Gasteiger partial charge in [-0.2, -0.15) is 18.3 Å². The smallest absolute Gasteiger partial charge is 0.393 e. The Morgan fingerprint density at radius 1 is 1.32 bits per heavy atom. The van der Waals surface area contributed by atoms with Gasteiger partial charge in [0.2, 0.25) is 11.8 Å². The number of methoxy groups -OCH3 is 1. The summed E-state index contributed by atoms with van der Waals surface area (Å²) in [6, 6.07) is 1.01. The van der Waals surface area contributed by atoms with E-state index >= 15 is 0 Å². The van der Waals surface area contributed by atoms with Crippen LogP contribution in [0.4, 0.5) is 27.6 Å². The Bertz CT molecular complexity index is 1200. The number of halogens is 5. The molecule has 2 fully saturated rings. The minimum Gasteiger partial charge on any atom is -0.468 e. The average Bonchev–Trinajstić information content (AvgIpc) is 3.26. The molecule has 0 radical (unpaired) electrons. The number of piperidine rings is 1. The third kappa shape index (κ3) is 5.27. The van der Waals surface area contributed by atoms with Gasteiger partial charge in [0.05, 0.1) is 42.3 Å². The van der Waals surface area contributed by atoms with Gasteiger partial charge in [0, 0.05) is 46.0 Å². The van der Waals surface area contributed by atoms with E-state index in [2.05, 4.69) is 15.4 Å². The number of hydrogen-bond acceptors (Lipinski definition) is 7. The molecule has 1 aliphatic carbocycles. The zero-order valence-electron chi connectivity index (χ0n) is 21.3. The van der Waals surface area contributed by atoms with Crippen LogP contribution in [-0.4, -0.2) is 66.3 Å². The second-order valence-corrected chi connectivity index (χ2v) is 10.5. The summed E-state index contributed by atoms with van der Waals surface area (Å²) in [7, 11) is 4.38. The molecule has 3 N–H and O–H groups in total. The van der Waals surface area contributed by atoms with Gasteiger partial charge in [-0.25, -0.2) is 18.3 Å². The average molecular weight is 547 g/mol. The zero-order valence-corrected chi connectivity index (χ0v) is 21.3. The molecule has 1 aliphatic heterocycles. The maximum Gasteiger partial charge on any atom is 0.393 e. The molecule has 210 valence electrons. The van der Waals surface area contributed by atoms with Crippen molar-refractivity contribution in [3.8, 4) is 0 Å². The summed E-state index contributed by atoms with van der Waals surface area (Å²) in [5, 5.41) is 6.73. The highest BCUT2D eigenvalue weighted by Gasteiger charge is 2.57. The Kier molecular flexibility index (Phi) is 7.32. The Balaban J connectivity index is 1.71. The number of hydrogen-bond donors (Lipinski definition) is 2. The van der Waals surface area contributed by atoms with E-state index in [0.29, 0.717) is 17.0 Å². The van der Waals surface area contributed by atoms with Crippen LogP contribution in [0, 0.1) is 17.3 Å². The number of esters is 1. The molecule has 2 aromatic rings. The van der Waals surface area contributed by atoms with Crippen LogP contribution in [0.15, 0.2) is 12.3 Å². The highest BCUT2D eigenvalue weighted by atomic mass is 19.4. The fraction of sp³-hybridized carbons (Fsp3) is 0.667. The second kappa shape index (κ2) is 9.93. The Labute approximate surface area is 215 Å². The number of fused-ring (bicyclic) bond motifs is 1. The fourth-order valence-corrected chi connectivity index (χ4v) is 5.39. The second-order valence-electron chi connectivity index (χ2n) is 10.5. The normalized spacial score (nSPS) is 25.2. The van der Waals surface area contributed by atoms with E-state index in [1.54, 1.807) is 31.3 Å². The van der Waals surface area contributed by atoms with Crippen molar-refractivity contribution < 1.29 is 36.3 Å². The number of carbonyl (C=O) groups is 2. The van der Waals surface area contributed by atoms with Gasteiger partial charge in [-0.05, 0) is 25.2 Å². The largest absolute Gasteiger partial charge is 0.468 e. The lowest BCUT2D eigenvalue weighted by Gasteiger charge is -2.38. The van der Waals surface area contributed by atoms with Crippen molar-refractivity contribution in [3.63, 3.8) is 0 Å². The summed E-state index contributed by atoms with van der Waals surface area (Å²) in [4.78, 5) is 32.0. The summed E-state index contributed by atoms with van der Waals surface area (Å²) < 4.78 is 74.2. The quantitative estimate of drug-likeness (QED) is 0.325. The van der Waals surface area contributed by atoms with Crippen molar-refractivity contribution in [1.82, 2.24) is 19.9 Å². The maximum atomic E-state index is 13.6. The van der Waals surface area contributed by atoms with E-state index in [1.807, 2.05) is 0 Å². The van der Waals surface area contributed by atoms with Gasteiger partial charge < -0.3 is 20.7 Å². The molecule has 1 amide bonds. The van der Waals surface area contributed by atoms with Gasteiger partial charge in [-0.3, -0.25) is 9.59 Å². The number of imidazole rings is 1. The number of aromatic nitrogens is 3. The first-order valence-electron chi connectivity index (χ1n) is 12.3. The standard InChI is InChI=1S/C24H31F5N6O3/c1-34(2)17-8-18-32-16(19(30)13-4-6-23(25,26)7-5-13)12-35(18)33-15(17)10-22(21(37)38-3)9-14(24(27,28)29)11-31-20(22)36/h8,12-14,19H,4-7,9-11,30H2,1-3H3,(H,31,36)/t14-,19+,22?/m1/s1. The molecular formula is C24H31F5N6O3. The third-order valence-corrected chi connectivity index (χ3v) is 7.66. The zero-order chi connectivity index (χ0) is 28.0. The van der Waals surface area contributed by atoms with Gasteiger partial charge in [0.15, 0.2) is 11.1 Å². The molecule has 2 aromatic heterocycles. The summed E-state index contributed by atoms with van der Waals surface area (Å²) in [6.45, 7) is -0.635. The van der Waals surface area contributed by atoms with Crippen molar-refractivity contribution in [2.75, 3.05) is 32.6 Å². The number of rotatable bonds is 6. The third-order valence-electron chi connectivity index (χ3n) is 7.66. The number of alkyl halides is 5. The number of carbonyl (C=O) groups excluding carboxylic acids is 2. The monoisotopic (exact) mass is 546 g/mol. The van der Waals surface area contributed by atoms with Gasteiger partial charge >= 0.3 is 12.1 Å². The molecule has 3 atom stereocenters. The fourth-order valence-electron chi connectivity index (χ4n) is 5.39. The molecule has 9 nitrogen and oxygen atoms in total. The lowest BCUT2D eigenvalue weighted by atomic mass is 9.72. The minimum absolute atomic E-state index is 0.181. The molecule has 14 heteroatoms. The predicted molar refractivity (Wildman–Crippen MR) is 126 cm³/mol. The molecule has 1 saturated heterocycles. The number of amides is 1. The molecule has 2 aliphatic rings. The molecule has 0 bridgehead atoms. The topological polar surface area (TPSA) is 115 Å². The van der Waals surface area contributed by atoms with Gasteiger partial charge in [-0.15, -0.1) is 0 Å². The molecule has 0 aromatic carbocycles. The van der Waals surface area contributed by atoms with Gasteiger partial charge in [-0.1, -0.05) is 0 Å². The lowest BCUT2D eigenvalue weighted by Crippen LogP contribution is -2.57. The van der Waals surface area contributed by atoms with Crippen LogP contribution in [0.5, 0.6) is 0 Å². The van der Waals surface area contributed by atoms with Gasteiger partial charge in [0.25, 0.3) is 0 Å². The first-order valence-corrected chi connectivity index (χ1v) is 12.3. The minimum atomic E-state index is -4.63. The SMILES string of the molecule is COC(=O)C1(Cc2nn3cc([C@@H](N)C4CCC(F)(F)CC4)nc3cc2N(C)C)C[C@@H](C(F)(F)F)CNC1=O. The molecule has 3 heterocycles. The van der Waals surface area contributed by atoms with Crippen LogP contribution < -0.4 is 16.0 Å². The van der Waals surface area contributed by atoms with E-state index < -0.39 is 60.7 Å². The molecule has 0 spiro atoms.